The molecule has 0 aliphatic heterocycles. The van der Waals surface area contributed by atoms with E-state index in [9.17, 15) is 4.39 Å². The first-order valence-electron chi connectivity index (χ1n) is 7.62. The quantitative estimate of drug-likeness (QED) is 0.834. The van der Waals surface area contributed by atoms with E-state index < -0.39 is 0 Å². The van der Waals surface area contributed by atoms with Crippen LogP contribution in [0.3, 0.4) is 0 Å². The molecule has 1 saturated carbocycles. The molecule has 0 spiro atoms. The second-order valence-corrected chi connectivity index (χ2v) is 6.16. The van der Waals surface area contributed by atoms with Crippen molar-refractivity contribution in [2.75, 3.05) is 0 Å². The van der Waals surface area contributed by atoms with Crippen molar-refractivity contribution in [2.45, 2.75) is 58.4 Å². The minimum absolute atomic E-state index is 0.00280. The predicted octanol–water partition coefficient (Wildman–Crippen LogP) is 4.74. The van der Waals surface area contributed by atoms with Crippen molar-refractivity contribution in [1.82, 2.24) is 0 Å². The zero-order valence-electron chi connectivity index (χ0n) is 12.2. The molecule has 1 aromatic rings. The maximum Gasteiger partial charge on any atom is 0.123 e. The third kappa shape index (κ3) is 3.79. The lowest BCUT2D eigenvalue weighted by molar-refractivity contribution is 0.234. The predicted molar refractivity (Wildman–Crippen MR) is 78.4 cm³/mol. The van der Waals surface area contributed by atoms with E-state index in [2.05, 4.69) is 6.92 Å². The number of hydrogen-bond donors (Lipinski definition) is 1. The van der Waals surface area contributed by atoms with Gasteiger partial charge in [0.15, 0.2) is 0 Å². The Morgan fingerprint density at radius 1 is 1.21 bits per heavy atom. The SMILES string of the molecule is CCCC1CCC(C(N)c2cc(C)cc(F)c2)CC1. The highest BCUT2D eigenvalue weighted by molar-refractivity contribution is 5.26. The standard InChI is InChI=1S/C17H26FN/c1-3-4-13-5-7-14(8-6-13)17(19)15-9-12(2)10-16(18)11-15/h9-11,13-14,17H,3-8,19H2,1-2H3. The van der Waals surface area contributed by atoms with Crippen LogP contribution in [0.4, 0.5) is 4.39 Å². The molecule has 1 aliphatic carbocycles. The van der Waals surface area contributed by atoms with Crippen LogP contribution in [-0.2, 0) is 0 Å². The van der Waals surface area contributed by atoms with Crippen LogP contribution in [0.2, 0.25) is 0 Å². The Labute approximate surface area is 116 Å². The minimum atomic E-state index is -0.162. The van der Waals surface area contributed by atoms with Gasteiger partial charge in [0.05, 0.1) is 0 Å². The Bertz CT molecular complexity index is 387. The number of nitrogens with two attached hydrogens (primary N) is 1. The summed E-state index contributed by atoms with van der Waals surface area (Å²) in [4.78, 5) is 0. The Hall–Kier alpha value is -0.890. The van der Waals surface area contributed by atoms with Gasteiger partial charge in [0.2, 0.25) is 0 Å². The van der Waals surface area contributed by atoms with Gasteiger partial charge >= 0.3 is 0 Å². The lowest BCUT2D eigenvalue weighted by Crippen LogP contribution is -2.26. The van der Waals surface area contributed by atoms with E-state index in [0.717, 1.165) is 17.0 Å². The molecule has 1 nitrogen and oxygen atoms in total. The van der Waals surface area contributed by atoms with E-state index in [1.807, 2.05) is 13.0 Å². The first kappa shape index (κ1) is 14.5. The van der Waals surface area contributed by atoms with Crippen molar-refractivity contribution in [3.63, 3.8) is 0 Å². The minimum Gasteiger partial charge on any atom is -0.324 e. The Balaban J connectivity index is 1.98. The number of aryl methyl sites for hydroxylation is 1. The molecule has 19 heavy (non-hydrogen) atoms. The maximum absolute atomic E-state index is 13.5. The molecule has 1 atom stereocenters. The molecular weight excluding hydrogens is 237 g/mol. The number of halogens is 1. The lowest BCUT2D eigenvalue weighted by Gasteiger charge is -2.32. The van der Waals surface area contributed by atoms with E-state index in [1.54, 1.807) is 12.1 Å². The Morgan fingerprint density at radius 3 is 2.47 bits per heavy atom. The lowest BCUT2D eigenvalue weighted by atomic mass is 9.75. The van der Waals surface area contributed by atoms with E-state index in [4.69, 9.17) is 5.73 Å². The van der Waals surface area contributed by atoms with E-state index in [-0.39, 0.29) is 11.9 Å². The molecule has 2 rings (SSSR count). The summed E-state index contributed by atoms with van der Waals surface area (Å²) >= 11 is 0. The summed E-state index contributed by atoms with van der Waals surface area (Å²) in [6.45, 7) is 4.19. The molecule has 0 bridgehead atoms. The molecule has 0 heterocycles. The topological polar surface area (TPSA) is 26.0 Å². The highest BCUT2D eigenvalue weighted by Gasteiger charge is 2.26. The average molecular weight is 263 g/mol. The molecule has 1 aromatic carbocycles. The molecule has 1 unspecified atom stereocenters. The third-order valence-electron chi connectivity index (χ3n) is 4.55. The molecule has 0 aromatic heterocycles. The van der Waals surface area contributed by atoms with Gasteiger partial charge in [-0.05, 0) is 54.9 Å². The molecule has 106 valence electrons. The zero-order chi connectivity index (χ0) is 13.8. The normalized spacial score (nSPS) is 25.3. The van der Waals surface area contributed by atoms with Gasteiger partial charge < -0.3 is 5.73 Å². The fourth-order valence-corrected chi connectivity index (χ4v) is 3.47. The van der Waals surface area contributed by atoms with Crippen LogP contribution in [0.15, 0.2) is 18.2 Å². The smallest absolute Gasteiger partial charge is 0.123 e. The van der Waals surface area contributed by atoms with Crippen molar-refractivity contribution in [1.29, 1.82) is 0 Å². The number of rotatable bonds is 4. The van der Waals surface area contributed by atoms with Gasteiger partial charge in [0, 0.05) is 6.04 Å². The summed E-state index contributed by atoms with van der Waals surface area (Å²) in [5, 5.41) is 0. The van der Waals surface area contributed by atoms with Gasteiger partial charge in [-0.2, -0.15) is 0 Å². The van der Waals surface area contributed by atoms with Crippen LogP contribution >= 0.6 is 0 Å². The van der Waals surface area contributed by atoms with Gasteiger partial charge in [-0.3, -0.25) is 0 Å². The summed E-state index contributed by atoms with van der Waals surface area (Å²) in [6.07, 6.45) is 7.61. The summed E-state index contributed by atoms with van der Waals surface area (Å²) in [6, 6.07) is 5.20. The van der Waals surface area contributed by atoms with Crippen LogP contribution in [0.25, 0.3) is 0 Å². The monoisotopic (exact) mass is 263 g/mol. The third-order valence-corrected chi connectivity index (χ3v) is 4.55. The van der Waals surface area contributed by atoms with Gasteiger partial charge in [0.1, 0.15) is 5.82 Å². The highest BCUT2D eigenvalue weighted by atomic mass is 19.1. The second kappa shape index (κ2) is 6.51. The largest absolute Gasteiger partial charge is 0.324 e. The fraction of sp³-hybridized carbons (Fsp3) is 0.647. The van der Waals surface area contributed by atoms with Crippen molar-refractivity contribution in [3.05, 3.63) is 35.1 Å². The van der Waals surface area contributed by atoms with Crippen molar-refractivity contribution in [2.24, 2.45) is 17.6 Å². The van der Waals surface area contributed by atoms with E-state index >= 15 is 0 Å². The molecule has 0 saturated heterocycles. The second-order valence-electron chi connectivity index (χ2n) is 6.16. The number of benzene rings is 1. The average Bonchev–Trinajstić information content (AvgIpc) is 2.38. The summed E-state index contributed by atoms with van der Waals surface area (Å²) in [5.74, 6) is 1.25. The molecule has 2 heteroatoms. The van der Waals surface area contributed by atoms with Crippen molar-refractivity contribution in [3.8, 4) is 0 Å². The summed E-state index contributed by atoms with van der Waals surface area (Å²) in [7, 11) is 0. The van der Waals surface area contributed by atoms with Gasteiger partial charge in [-0.1, -0.05) is 38.7 Å². The van der Waals surface area contributed by atoms with E-state index in [1.165, 1.54) is 38.5 Å². The molecule has 0 amide bonds. The number of hydrogen-bond acceptors (Lipinski definition) is 1. The van der Waals surface area contributed by atoms with Crippen LogP contribution in [-0.4, -0.2) is 0 Å². The Kier molecular flexibility index (Phi) is 4.98. The summed E-state index contributed by atoms with van der Waals surface area (Å²) < 4.78 is 13.5. The van der Waals surface area contributed by atoms with Gasteiger partial charge in [0.25, 0.3) is 0 Å². The van der Waals surface area contributed by atoms with Crippen molar-refractivity contribution < 1.29 is 4.39 Å². The molecule has 1 aliphatic rings. The highest BCUT2D eigenvalue weighted by Crippen LogP contribution is 2.37. The maximum atomic E-state index is 13.5. The van der Waals surface area contributed by atoms with E-state index in [0.29, 0.717) is 5.92 Å². The van der Waals surface area contributed by atoms with Crippen LogP contribution in [0.1, 0.15) is 62.6 Å². The first-order chi connectivity index (χ1) is 9.10. The van der Waals surface area contributed by atoms with Gasteiger partial charge in [-0.15, -0.1) is 0 Å². The zero-order valence-corrected chi connectivity index (χ0v) is 12.2. The Morgan fingerprint density at radius 2 is 1.89 bits per heavy atom. The van der Waals surface area contributed by atoms with Crippen molar-refractivity contribution >= 4 is 0 Å². The molecular formula is C17H26FN. The van der Waals surface area contributed by atoms with Gasteiger partial charge in [-0.25, -0.2) is 4.39 Å². The molecule has 1 fully saturated rings. The molecule has 0 radical (unpaired) electrons. The first-order valence-corrected chi connectivity index (χ1v) is 7.62. The summed E-state index contributed by atoms with van der Waals surface area (Å²) in [5.41, 5.74) is 8.29. The molecule has 2 N–H and O–H groups in total. The van der Waals surface area contributed by atoms with Crippen LogP contribution in [0, 0.1) is 24.6 Å². The van der Waals surface area contributed by atoms with Crippen LogP contribution < -0.4 is 5.73 Å². The fourth-order valence-electron chi connectivity index (χ4n) is 3.47. The van der Waals surface area contributed by atoms with Crippen LogP contribution in [0.5, 0.6) is 0 Å².